The molecule has 0 radical (unpaired) electrons. The lowest BCUT2D eigenvalue weighted by Gasteiger charge is -2.13. The molecule has 2 atom stereocenters. The maximum atomic E-state index is 12.5. The van der Waals surface area contributed by atoms with Gasteiger partial charge in [-0.3, -0.25) is 9.00 Å². The van der Waals surface area contributed by atoms with Gasteiger partial charge in [-0.2, -0.15) is 0 Å². The first-order valence-electron chi connectivity index (χ1n) is 7.71. The molecule has 0 aliphatic carbocycles. The van der Waals surface area contributed by atoms with Crippen LogP contribution >= 0.6 is 11.3 Å². The van der Waals surface area contributed by atoms with E-state index in [1.165, 1.54) is 4.88 Å². The quantitative estimate of drug-likeness (QED) is 0.833. The summed E-state index contributed by atoms with van der Waals surface area (Å²) in [4.78, 5) is 13.4. The third kappa shape index (κ3) is 5.29. The van der Waals surface area contributed by atoms with Gasteiger partial charge in [-0.05, 0) is 49.8 Å². The van der Waals surface area contributed by atoms with Crippen molar-refractivity contribution >= 4 is 28.0 Å². The highest BCUT2D eigenvalue weighted by atomic mass is 32.2. The average molecular weight is 350 g/mol. The van der Waals surface area contributed by atoms with Gasteiger partial charge in [0.1, 0.15) is 5.25 Å². The van der Waals surface area contributed by atoms with E-state index >= 15 is 0 Å². The van der Waals surface area contributed by atoms with Gasteiger partial charge in [-0.25, -0.2) is 0 Å². The Morgan fingerprint density at radius 3 is 2.78 bits per heavy atom. The fourth-order valence-corrected chi connectivity index (χ4v) is 4.16. The molecule has 1 aromatic heterocycles. The lowest BCUT2D eigenvalue weighted by atomic mass is 10.1. The largest absolute Gasteiger partial charge is 0.355 e. The number of rotatable bonds is 7. The highest BCUT2D eigenvalue weighted by Gasteiger charge is 2.20. The minimum absolute atomic E-state index is 0.134. The number of amides is 1. The number of hydrogen-bond donors (Lipinski definition) is 1. The van der Waals surface area contributed by atoms with Crippen LogP contribution in [0, 0.1) is 13.8 Å². The van der Waals surface area contributed by atoms with E-state index in [-0.39, 0.29) is 5.91 Å². The molecule has 0 saturated carbocycles. The highest BCUT2D eigenvalue weighted by Crippen LogP contribution is 2.15. The van der Waals surface area contributed by atoms with Gasteiger partial charge in [-0.1, -0.05) is 29.8 Å². The SMILES string of the molecule is Cc1ccc(C)c(C[S@](=O)[C@@H](C)C(=O)NCCc2cccs2)c1. The van der Waals surface area contributed by atoms with Crippen molar-refractivity contribution in [2.24, 2.45) is 0 Å². The third-order valence-corrected chi connectivity index (χ3v) is 6.35. The minimum Gasteiger partial charge on any atom is -0.355 e. The van der Waals surface area contributed by atoms with Crippen molar-refractivity contribution in [3.8, 4) is 0 Å². The van der Waals surface area contributed by atoms with E-state index < -0.39 is 16.0 Å². The molecule has 0 spiro atoms. The zero-order valence-corrected chi connectivity index (χ0v) is 15.4. The van der Waals surface area contributed by atoms with Crippen LogP contribution in [-0.2, 0) is 27.8 Å². The van der Waals surface area contributed by atoms with Crippen molar-refractivity contribution in [2.75, 3.05) is 6.54 Å². The summed E-state index contributed by atoms with van der Waals surface area (Å²) >= 11 is 1.68. The van der Waals surface area contributed by atoms with Gasteiger partial charge in [0.05, 0.1) is 0 Å². The van der Waals surface area contributed by atoms with E-state index in [0.717, 1.165) is 23.1 Å². The molecule has 0 fully saturated rings. The summed E-state index contributed by atoms with van der Waals surface area (Å²) < 4.78 is 12.5. The molecule has 2 rings (SSSR count). The zero-order valence-electron chi connectivity index (χ0n) is 13.8. The summed E-state index contributed by atoms with van der Waals surface area (Å²) in [6.45, 7) is 6.36. The van der Waals surface area contributed by atoms with Crippen LogP contribution in [0.15, 0.2) is 35.7 Å². The molecule has 1 N–H and O–H groups in total. The molecule has 0 aliphatic heterocycles. The molecule has 3 nitrogen and oxygen atoms in total. The van der Waals surface area contributed by atoms with Crippen molar-refractivity contribution in [2.45, 2.75) is 38.2 Å². The smallest absolute Gasteiger partial charge is 0.235 e. The van der Waals surface area contributed by atoms with Gasteiger partial charge >= 0.3 is 0 Å². The van der Waals surface area contributed by atoms with Gasteiger partial charge in [-0.15, -0.1) is 11.3 Å². The van der Waals surface area contributed by atoms with Crippen molar-refractivity contribution in [1.29, 1.82) is 0 Å². The number of benzene rings is 1. The van der Waals surface area contributed by atoms with E-state index in [1.54, 1.807) is 18.3 Å². The van der Waals surface area contributed by atoms with E-state index in [0.29, 0.717) is 12.3 Å². The molecule has 23 heavy (non-hydrogen) atoms. The van der Waals surface area contributed by atoms with Crippen LogP contribution in [-0.4, -0.2) is 21.9 Å². The van der Waals surface area contributed by atoms with E-state index in [9.17, 15) is 9.00 Å². The van der Waals surface area contributed by atoms with Gasteiger partial charge in [0.2, 0.25) is 5.91 Å². The molecular weight excluding hydrogens is 326 g/mol. The maximum Gasteiger partial charge on any atom is 0.235 e. The molecule has 5 heteroatoms. The maximum absolute atomic E-state index is 12.5. The molecular formula is C18H23NO2S2. The Morgan fingerprint density at radius 1 is 1.30 bits per heavy atom. The van der Waals surface area contributed by atoms with Crippen LogP contribution < -0.4 is 5.32 Å². The predicted molar refractivity (Wildman–Crippen MR) is 98.3 cm³/mol. The van der Waals surface area contributed by atoms with Crippen molar-refractivity contribution < 1.29 is 9.00 Å². The molecule has 0 aliphatic rings. The monoisotopic (exact) mass is 349 g/mol. The molecule has 0 unspecified atom stereocenters. The Kier molecular flexibility index (Phi) is 6.54. The Bertz CT molecular complexity index is 680. The first-order valence-corrected chi connectivity index (χ1v) is 9.97. The molecule has 1 heterocycles. The van der Waals surface area contributed by atoms with Crippen LogP contribution in [0.4, 0.5) is 0 Å². The number of nitrogens with one attached hydrogen (secondary N) is 1. The van der Waals surface area contributed by atoms with Crippen LogP contribution in [0.3, 0.4) is 0 Å². The van der Waals surface area contributed by atoms with Crippen molar-refractivity contribution in [3.63, 3.8) is 0 Å². The highest BCUT2D eigenvalue weighted by molar-refractivity contribution is 7.85. The summed E-state index contributed by atoms with van der Waals surface area (Å²) in [7, 11) is -1.21. The molecule has 1 aromatic carbocycles. The second-order valence-electron chi connectivity index (χ2n) is 5.72. The zero-order chi connectivity index (χ0) is 16.8. The summed E-state index contributed by atoms with van der Waals surface area (Å²) in [5, 5.41) is 4.41. The number of carbonyl (C=O) groups is 1. The number of aryl methyl sites for hydroxylation is 2. The standard InChI is InChI=1S/C18H23NO2S2/c1-13-6-7-14(2)16(11-13)12-23(21)15(3)18(20)19-9-8-17-5-4-10-22-17/h4-7,10-11,15H,8-9,12H2,1-3H3,(H,19,20)/t15-,23-/m0/s1. The summed E-state index contributed by atoms with van der Waals surface area (Å²) in [5.41, 5.74) is 3.33. The van der Waals surface area contributed by atoms with Crippen LogP contribution in [0.25, 0.3) is 0 Å². The minimum atomic E-state index is -1.21. The Labute approximate surface area is 144 Å². The molecule has 1 amide bonds. The van der Waals surface area contributed by atoms with Crippen molar-refractivity contribution in [3.05, 3.63) is 57.3 Å². The van der Waals surface area contributed by atoms with E-state index in [2.05, 4.69) is 17.4 Å². The lowest BCUT2D eigenvalue weighted by molar-refractivity contribution is -0.120. The lowest BCUT2D eigenvalue weighted by Crippen LogP contribution is -2.36. The summed E-state index contributed by atoms with van der Waals surface area (Å²) in [5.74, 6) is 0.290. The molecule has 2 aromatic rings. The van der Waals surface area contributed by atoms with E-state index in [1.807, 2.05) is 37.4 Å². The number of thiophene rings is 1. The number of carbonyl (C=O) groups excluding carboxylic acids is 1. The average Bonchev–Trinajstić information content (AvgIpc) is 3.03. The summed E-state index contributed by atoms with van der Waals surface area (Å²) in [6.07, 6.45) is 0.819. The first-order chi connectivity index (χ1) is 11.0. The first kappa shape index (κ1) is 17.9. The summed E-state index contributed by atoms with van der Waals surface area (Å²) in [6, 6.07) is 10.2. The predicted octanol–water partition coefficient (Wildman–Crippen LogP) is 3.36. The Balaban J connectivity index is 1.85. The molecule has 124 valence electrons. The second-order valence-corrected chi connectivity index (χ2v) is 8.51. The Morgan fingerprint density at radius 2 is 2.09 bits per heavy atom. The van der Waals surface area contributed by atoms with Gasteiger partial charge in [0, 0.05) is 28.0 Å². The molecule has 0 saturated heterocycles. The number of hydrogen-bond acceptors (Lipinski definition) is 3. The second kappa shape index (κ2) is 8.41. The Hall–Kier alpha value is -1.46. The van der Waals surface area contributed by atoms with Crippen molar-refractivity contribution in [1.82, 2.24) is 5.32 Å². The van der Waals surface area contributed by atoms with E-state index in [4.69, 9.17) is 0 Å². The fraction of sp³-hybridized carbons (Fsp3) is 0.389. The topological polar surface area (TPSA) is 46.2 Å². The van der Waals surface area contributed by atoms with Crippen LogP contribution in [0.5, 0.6) is 0 Å². The normalized spacial score (nSPS) is 13.5. The van der Waals surface area contributed by atoms with Crippen LogP contribution in [0.2, 0.25) is 0 Å². The van der Waals surface area contributed by atoms with Gasteiger partial charge in [0.25, 0.3) is 0 Å². The van der Waals surface area contributed by atoms with Gasteiger partial charge in [0.15, 0.2) is 0 Å². The molecule has 0 bridgehead atoms. The van der Waals surface area contributed by atoms with Gasteiger partial charge < -0.3 is 5.32 Å². The fourth-order valence-electron chi connectivity index (χ4n) is 2.26. The van der Waals surface area contributed by atoms with Crippen LogP contribution in [0.1, 0.15) is 28.5 Å². The third-order valence-electron chi connectivity index (χ3n) is 3.82.